The van der Waals surface area contributed by atoms with E-state index in [4.69, 9.17) is 51.7 Å². The summed E-state index contributed by atoms with van der Waals surface area (Å²) in [7, 11) is -3.69. The third kappa shape index (κ3) is 41.6. The van der Waals surface area contributed by atoms with Gasteiger partial charge < -0.3 is 46.3 Å². The Morgan fingerprint density at radius 2 is 0.960 bits per heavy atom. The number of amides is 1. The summed E-state index contributed by atoms with van der Waals surface area (Å²) < 4.78 is 93.0. The predicted molar refractivity (Wildman–Crippen MR) is 417 cm³/mol. The van der Waals surface area contributed by atoms with E-state index in [1.807, 2.05) is 75.0 Å². The van der Waals surface area contributed by atoms with Crippen molar-refractivity contribution in [1.82, 2.24) is 10.2 Å². The van der Waals surface area contributed by atoms with Gasteiger partial charge in [-0.05, 0) is 156 Å². The Balaban J connectivity index is -0.00000115. The molecule has 4 aromatic rings. The van der Waals surface area contributed by atoms with Crippen LogP contribution in [0.15, 0.2) is 141 Å². The Labute approximate surface area is 656 Å². The van der Waals surface area contributed by atoms with Gasteiger partial charge in [-0.15, -0.1) is 35.0 Å². The molecule has 4 fully saturated rings. The molecule has 30 heteroatoms. The summed E-state index contributed by atoms with van der Waals surface area (Å²) in [5, 5.41) is 3.84. The monoisotopic (exact) mass is 1760 g/mol. The number of rotatable bonds is 15. The van der Waals surface area contributed by atoms with Gasteiger partial charge in [-0.1, -0.05) is 142 Å². The standard InChI is InChI=1S/C16H20O4S.C16H20O2S.C15H19NO4S.C10H9BrO2.C10H19NO2S.CH2Cl2.2CH4.Cl2FHP2.ClH.Pd/c1-20-16(17)12-11-13-7-5-6-10-15(13)21(18,19)14-8-3-2-4-9-14;1-18-16(17)12-11-13-7-5-6-10-15(13)19-14-8-3-2-4-9-14;1-20-15(17)7-6-12-4-2-3-5-14(12)21(18,19)13-8-10-16-11-9-13;1-13-10(12)7-6-8-4-2-3-5-9(8)11;1-10(2,3)13-9(12)11-6-4-8(14)5-7-11;2-1-3;;;1-5(2)4-3;;/h5-7,10-12,14H,2-4,8-9H2,1H3;5-7,10-12,14H,2-4,8-9H2,1H3;2-7,13,16H,8-11H2,1H3;2-7H,1H3;8,14H,4-7H2,1-3H3;1H2;2*1H4;4H;1H;/b2*12-11+;2*7-6+;;;;;;;/i;;;;;;;;4D;;. The number of hydrogen-bond acceptors (Lipinski definition) is 17. The van der Waals surface area contributed by atoms with Gasteiger partial charge in [0.25, 0.3) is 8.53 Å². The van der Waals surface area contributed by atoms with E-state index in [0.717, 1.165) is 78.9 Å². The number of halogens is 7. The maximum Gasteiger partial charge on any atom is 0.410 e. The van der Waals surface area contributed by atoms with Crippen LogP contribution >= 0.6 is 101 Å². The molecule has 0 radical (unpaired) electrons. The molecular formula is C70H99BrCl5FN2O14P2PdS4. The summed E-state index contributed by atoms with van der Waals surface area (Å²) >= 11 is 29.1. The number of alkyl halides is 2. The Hall–Kier alpha value is -3.07. The second kappa shape index (κ2) is 57.2. The number of nitrogens with zero attached hydrogens (tertiary/aromatic N) is 1. The number of methoxy groups -OCH3 is 4. The molecule has 100 heavy (non-hydrogen) atoms. The van der Waals surface area contributed by atoms with E-state index < -0.39 is 52.1 Å². The zero-order valence-electron chi connectivity index (χ0n) is 56.8. The fourth-order valence-corrected chi connectivity index (χ4v) is 15.6. The van der Waals surface area contributed by atoms with Gasteiger partial charge in [0.2, 0.25) is 6.32 Å². The minimum Gasteiger partial charge on any atom is -1.00 e. The van der Waals surface area contributed by atoms with Crippen LogP contribution in [0.4, 0.5) is 8.99 Å². The molecule has 2 aliphatic heterocycles. The van der Waals surface area contributed by atoms with Crippen molar-refractivity contribution < 1.29 is 102 Å². The Bertz CT molecular complexity index is 3280. The molecular weight excluding hydrogens is 1670 g/mol. The number of thiol groups is 1. The van der Waals surface area contributed by atoms with Crippen molar-refractivity contribution in [3.8, 4) is 0 Å². The van der Waals surface area contributed by atoms with Gasteiger partial charge in [-0.2, -0.15) is 16.8 Å². The molecule has 1 unspecified atom stereocenters. The number of thioether (sulfide) groups is 1. The number of piperidine rings is 2. The van der Waals surface area contributed by atoms with Crippen LogP contribution in [0.5, 0.6) is 0 Å². The summed E-state index contributed by atoms with van der Waals surface area (Å²) in [4.78, 5) is 59.5. The summed E-state index contributed by atoms with van der Waals surface area (Å²) in [5.74, 6) is -1.67. The Kier molecular flexibility index (Phi) is 56.6. The second-order valence-corrected chi connectivity index (χ2v) is 37.4. The molecule has 2 saturated carbocycles. The molecule has 4 aromatic carbocycles. The van der Waals surface area contributed by atoms with E-state index in [-0.39, 0.29) is 86.4 Å². The number of esters is 4. The van der Waals surface area contributed by atoms with E-state index in [1.54, 1.807) is 59.5 Å². The van der Waals surface area contributed by atoms with Crippen LogP contribution in [-0.4, -0.2) is 140 Å². The first-order valence-corrected chi connectivity index (χ1v) is 42.4. The van der Waals surface area contributed by atoms with Crippen molar-refractivity contribution in [2.24, 2.45) is 0 Å². The number of ether oxygens (including phenoxy) is 5. The zero-order valence-corrected chi connectivity index (χ0v) is 68.0. The third-order valence-corrected chi connectivity index (χ3v) is 23.4. The van der Waals surface area contributed by atoms with Crippen LogP contribution in [0, 0.1) is 0 Å². The van der Waals surface area contributed by atoms with Crippen molar-refractivity contribution in [1.29, 1.82) is 1.28 Å². The summed E-state index contributed by atoms with van der Waals surface area (Å²) in [6.45, 7) is 8.61. The van der Waals surface area contributed by atoms with Crippen molar-refractivity contribution >= 4 is 175 Å². The molecule has 0 spiro atoms. The number of nitrogens with one attached hydrogen (secondary N) is 1. The fraction of sp³-hybridized carbons (Fsp3) is 0.471. The molecule has 2 heterocycles. The van der Waals surface area contributed by atoms with Crippen LogP contribution in [-0.2, 0) is 83.0 Å². The van der Waals surface area contributed by atoms with Crippen LogP contribution in [0.25, 0.3) is 24.3 Å². The maximum absolute atomic E-state index is 12.8. The molecule has 1 N–H and O–H groups in total. The van der Waals surface area contributed by atoms with E-state index in [9.17, 15) is 45.0 Å². The van der Waals surface area contributed by atoms with Crippen molar-refractivity contribution in [3.63, 3.8) is 0 Å². The number of carbonyl (C=O) groups excluding carboxylic acids is 5. The van der Waals surface area contributed by atoms with E-state index in [0.29, 0.717) is 47.2 Å². The molecule has 0 bridgehead atoms. The molecule has 0 aromatic heterocycles. The van der Waals surface area contributed by atoms with Gasteiger partial charge in [-0.25, -0.2) is 40.8 Å². The van der Waals surface area contributed by atoms with Crippen LogP contribution in [0.2, 0.25) is 0 Å². The SMILES string of the molecule is C.C.CC(C)(C)OC(=O)N1CCC(S)CC1.COC(=O)/C=C/c1ccccc1Br.COC(=O)/C=C/c1ccccc1S(=O)(=O)C1CCCCC1.COC(=O)/C=C/c1ccccc1S(=O)(=O)C1CCNCC1.COC(=O)/C=C/c1ccccc1SC1CCCCC1.ClCCl.[2H]P(F)[PH+](Cl)Cl.[Cl-].[Pd]. The van der Waals surface area contributed by atoms with Crippen LogP contribution < -0.4 is 17.7 Å². The average Bonchev–Trinajstić information content (AvgIpc) is 0.801. The second-order valence-electron chi connectivity index (χ2n) is 22.4. The maximum atomic E-state index is 12.8. The van der Waals surface area contributed by atoms with Crippen molar-refractivity contribution in [2.75, 3.05) is 60.0 Å². The molecule has 4 aliphatic rings. The summed E-state index contributed by atoms with van der Waals surface area (Å²) in [6, 6.07) is 29.4. The summed E-state index contributed by atoms with van der Waals surface area (Å²) in [5.41, 5.74) is 2.71. The molecule has 16 nitrogen and oxygen atoms in total. The predicted octanol–water partition coefficient (Wildman–Crippen LogP) is 16.3. The van der Waals surface area contributed by atoms with Crippen molar-refractivity contribution in [3.05, 3.63) is 148 Å². The molecule has 2 aliphatic carbocycles. The first-order valence-electron chi connectivity index (χ1n) is 31.3. The quantitative estimate of drug-likeness (QED) is 0.0215. The minimum absolute atomic E-state index is 0. The van der Waals surface area contributed by atoms with Gasteiger partial charge in [0, 0.05) is 77.7 Å². The first-order chi connectivity index (χ1) is 46.1. The summed E-state index contributed by atoms with van der Waals surface area (Å²) in [6.07, 6.45) is 24.0. The minimum atomic E-state index is -3.39. The number of carbonyl (C=O) groups is 5. The number of hydrogen-bond donors (Lipinski definition) is 2. The number of benzene rings is 4. The molecule has 566 valence electrons. The topological polar surface area (TPSA) is 215 Å². The Morgan fingerprint density at radius 1 is 0.620 bits per heavy atom. The van der Waals surface area contributed by atoms with E-state index in [1.165, 1.54) is 102 Å². The van der Waals surface area contributed by atoms with E-state index >= 15 is 0 Å². The van der Waals surface area contributed by atoms with Crippen molar-refractivity contribution in [2.45, 2.75) is 167 Å². The van der Waals surface area contributed by atoms with Crippen LogP contribution in [0.1, 0.15) is 148 Å². The molecule has 1 amide bonds. The Morgan fingerprint density at radius 3 is 1.35 bits per heavy atom. The van der Waals surface area contributed by atoms with Gasteiger partial charge in [0.15, 0.2) is 19.7 Å². The molecule has 8 rings (SSSR count). The van der Waals surface area contributed by atoms with Gasteiger partial charge >= 0.3 is 30.0 Å². The van der Waals surface area contributed by atoms with E-state index in [2.05, 4.69) is 65.0 Å². The third-order valence-electron chi connectivity index (χ3n) is 14.4. The first kappa shape index (κ1) is 99.0. The van der Waals surface area contributed by atoms with Crippen LogP contribution in [0.3, 0.4) is 0 Å². The molecule has 2 saturated heterocycles. The number of sulfone groups is 2. The number of likely N-dealkylation sites (tertiary alicyclic amines) is 1. The van der Waals surface area contributed by atoms with Gasteiger partial charge in [-0.3, -0.25) is 0 Å². The normalized spacial score (nSPS) is 15.5. The smallest absolute Gasteiger partial charge is 0.410 e. The van der Waals surface area contributed by atoms with Gasteiger partial charge in [0.05, 0.1) is 54.1 Å². The largest absolute Gasteiger partial charge is 1.00 e. The fourth-order valence-electron chi connectivity index (χ4n) is 9.57. The molecule has 1 atom stereocenters. The average molecular weight is 1770 g/mol. The van der Waals surface area contributed by atoms with Gasteiger partial charge in [0.1, 0.15) is 29.4 Å². The zero-order chi connectivity index (χ0) is 72.4.